The van der Waals surface area contributed by atoms with Crippen molar-refractivity contribution in [3.8, 4) is 0 Å². The third-order valence-corrected chi connectivity index (χ3v) is 4.07. The number of aromatic amines is 1. The SMILES string of the molecule is CCCC(O)(CCC)CC(=O)NNC(=O)c1c[nH]c2ccccc12. The Morgan fingerprint density at radius 1 is 1.12 bits per heavy atom. The van der Waals surface area contributed by atoms with Crippen molar-refractivity contribution in [1.29, 1.82) is 0 Å². The van der Waals surface area contributed by atoms with E-state index in [0.717, 1.165) is 23.7 Å². The number of carbonyl (C=O) groups excluding carboxylic acids is 2. The maximum atomic E-state index is 12.2. The predicted molar refractivity (Wildman–Crippen MR) is 93.3 cm³/mol. The molecule has 4 N–H and O–H groups in total. The standard InChI is InChI=1S/C18H25N3O3/c1-3-9-18(24,10-4-2)11-16(22)20-21-17(23)14-12-19-15-8-6-5-7-13(14)15/h5-8,12,19,24H,3-4,9-11H2,1-2H3,(H,20,22)(H,21,23). The molecule has 2 rings (SSSR count). The lowest BCUT2D eigenvalue weighted by Crippen LogP contribution is -2.45. The maximum absolute atomic E-state index is 12.2. The molecule has 0 atom stereocenters. The van der Waals surface area contributed by atoms with E-state index in [1.54, 1.807) is 6.20 Å². The number of benzene rings is 1. The Hall–Kier alpha value is -2.34. The molecule has 1 aromatic carbocycles. The second kappa shape index (κ2) is 7.97. The maximum Gasteiger partial charge on any atom is 0.271 e. The zero-order valence-corrected chi connectivity index (χ0v) is 14.2. The molecule has 0 radical (unpaired) electrons. The molecule has 0 spiro atoms. The molecule has 6 heteroatoms. The minimum Gasteiger partial charge on any atom is -0.389 e. The van der Waals surface area contributed by atoms with Gasteiger partial charge in [0.15, 0.2) is 0 Å². The van der Waals surface area contributed by atoms with Crippen LogP contribution in [0, 0.1) is 0 Å². The molecule has 24 heavy (non-hydrogen) atoms. The van der Waals surface area contributed by atoms with E-state index in [9.17, 15) is 14.7 Å². The van der Waals surface area contributed by atoms with Crippen LogP contribution in [0.3, 0.4) is 0 Å². The van der Waals surface area contributed by atoms with Gasteiger partial charge in [0.05, 0.1) is 17.6 Å². The van der Waals surface area contributed by atoms with Gasteiger partial charge < -0.3 is 10.1 Å². The first kappa shape index (κ1) is 18.0. The van der Waals surface area contributed by atoms with Gasteiger partial charge in [-0.05, 0) is 18.9 Å². The minimum absolute atomic E-state index is 0.0250. The first-order chi connectivity index (χ1) is 11.5. The average Bonchev–Trinajstić information content (AvgIpc) is 2.97. The molecule has 0 saturated carbocycles. The van der Waals surface area contributed by atoms with Crippen LogP contribution in [0.25, 0.3) is 10.9 Å². The molecule has 0 bridgehead atoms. The zero-order chi connectivity index (χ0) is 17.6. The van der Waals surface area contributed by atoms with Gasteiger partial charge in [-0.15, -0.1) is 0 Å². The number of aromatic nitrogens is 1. The third kappa shape index (κ3) is 4.35. The fourth-order valence-corrected chi connectivity index (χ4v) is 3.03. The number of hydrogen-bond acceptors (Lipinski definition) is 3. The van der Waals surface area contributed by atoms with Crippen LogP contribution in [0.15, 0.2) is 30.5 Å². The lowest BCUT2D eigenvalue weighted by Gasteiger charge is -2.26. The number of hydrazine groups is 1. The normalized spacial score (nSPS) is 11.5. The monoisotopic (exact) mass is 331 g/mol. The Bertz CT molecular complexity index is 702. The van der Waals surface area contributed by atoms with Gasteiger partial charge in [0.25, 0.3) is 5.91 Å². The van der Waals surface area contributed by atoms with E-state index >= 15 is 0 Å². The Morgan fingerprint density at radius 2 is 1.79 bits per heavy atom. The summed E-state index contributed by atoms with van der Waals surface area (Å²) < 4.78 is 0. The number of H-pyrrole nitrogens is 1. The first-order valence-corrected chi connectivity index (χ1v) is 8.36. The molecular weight excluding hydrogens is 306 g/mol. The summed E-state index contributed by atoms with van der Waals surface area (Å²) in [7, 11) is 0. The summed E-state index contributed by atoms with van der Waals surface area (Å²) in [6, 6.07) is 7.44. The van der Waals surface area contributed by atoms with Crippen molar-refractivity contribution in [3.05, 3.63) is 36.0 Å². The van der Waals surface area contributed by atoms with Crippen molar-refractivity contribution in [2.24, 2.45) is 0 Å². The summed E-state index contributed by atoms with van der Waals surface area (Å²) in [5, 5.41) is 11.3. The number of amides is 2. The fourth-order valence-electron chi connectivity index (χ4n) is 3.03. The van der Waals surface area contributed by atoms with Gasteiger partial charge in [0, 0.05) is 17.1 Å². The average molecular weight is 331 g/mol. The molecule has 0 saturated heterocycles. The van der Waals surface area contributed by atoms with E-state index in [-0.39, 0.29) is 6.42 Å². The summed E-state index contributed by atoms with van der Waals surface area (Å²) in [4.78, 5) is 27.3. The van der Waals surface area contributed by atoms with Crippen LogP contribution >= 0.6 is 0 Å². The van der Waals surface area contributed by atoms with Crippen molar-refractivity contribution in [1.82, 2.24) is 15.8 Å². The summed E-state index contributed by atoms with van der Waals surface area (Å²) in [5.41, 5.74) is 5.11. The van der Waals surface area contributed by atoms with Crippen LogP contribution in [0.4, 0.5) is 0 Å². The van der Waals surface area contributed by atoms with Crippen molar-refractivity contribution in [2.45, 2.75) is 51.6 Å². The second-order valence-electron chi connectivity index (χ2n) is 6.15. The van der Waals surface area contributed by atoms with E-state index in [2.05, 4.69) is 15.8 Å². The number of nitrogens with one attached hydrogen (secondary N) is 3. The Morgan fingerprint density at radius 3 is 2.46 bits per heavy atom. The van der Waals surface area contributed by atoms with E-state index in [1.165, 1.54) is 0 Å². The molecule has 0 fully saturated rings. The highest BCUT2D eigenvalue weighted by Crippen LogP contribution is 2.23. The second-order valence-corrected chi connectivity index (χ2v) is 6.15. The van der Waals surface area contributed by atoms with E-state index in [0.29, 0.717) is 18.4 Å². The van der Waals surface area contributed by atoms with E-state index in [1.807, 2.05) is 38.1 Å². The molecule has 2 aromatic rings. The first-order valence-electron chi connectivity index (χ1n) is 8.36. The van der Waals surface area contributed by atoms with Crippen molar-refractivity contribution in [3.63, 3.8) is 0 Å². The van der Waals surface area contributed by atoms with Crippen LogP contribution in [-0.4, -0.2) is 27.5 Å². The molecule has 6 nitrogen and oxygen atoms in total. The predicted octanol–water partition coefficient (Wildman–Crippen LogP) is 2.65. The Labute approximate surface area is 141 Å². The highest BCUT2D eigenvalue weighted by Gasteiger charge is 2.28. The lowest BCUT2D eigenvalue weighted by molar-refractivity contribution is -0.127. The molecule has 0 aliphatic carbocycles. The van der Waals surface area contributed by atoms with Crippen LogP contribution in [0.1, 0.15) is 56.3 Å². The molecule has 0 aliphatic heterocycles. The third-order valence-electron chi connectivity index (χ3n) is 4.07. The molecule has 0 unspecified atom stereocenters. The molecule has 1 aromatic heterocycles. The molecular formula is C18H25N3O3. The lowest BCUT2D eigenvalue weighted by atomic mass is 9.89. The van der Waals surface area contributed by atoms with Gasteiger partial charge in [0.1, 0.15) is 0 Å². The van der Waals surface area contributed by atoms with Gasteiger partial charge in [-0.1, -0.05) is 44.9 Å². The topological polar surface area (TPSA) is 94.2 Å². The summed E-state index contributed by atoms with van der Waals surface area (Å²) >= 11 is 0. The summed E-state index contributed by atoms with van der Waals surface area (Å²) in [6.07, 6.45) is 4.30. The van der Waals surface area contributed by atoms with Crippen LogP contribution in [-0.2, 0) is 4.79 Å². The largest absolute Gasteiger partial charge is 0.389 e. The molecule has 2 amide bonds. The minimum atomic E-state index is -1.01. The van der Waals surface area contributed by atoms with Crippen LogP contribution in [0.2, 0.25) is 0 Å². The van der Waals surface area contributed by atoms with Gasteiger partial charge in [0.2, 0.25) is 5.91 Å². The number of carbonyl (C=O) groups is 2. The summed E-state index contributed by atoms with van der Waals surface area (Å²) in [5.74, 6) is -0.789. The number of rotatable bonds is 7. The highest BCUT2D eigenvalue weighted by atomic mass is 16.3. The van der Waals surface area contributed by atoms with Gasteiger partial charge in [-0.2, -0.15) is 0 Å². The van der Waals surface area contributed by atoms with Crippen LogP contribution in [0.5, 0.6) is 0 Å². The van der Waals surface area contributed by atoms with Gasteiger partial charge in [-0.3, -0.25) is 20.4 Å². The highest BCUT2D eigenvalue weighted by molar-refractivity contribution is 6.07. The fraction of sp³-hybridized carbons (Fsp3) is 0.444. The van der Waals surface area contributed by atoms with Crippen LogP contribution < -0.4 is 10.9 Å². The van der Waals surface area contributed by atoms with E-state index < -0.39 is 17.4 Å². The summed E-state index contributed by atoms with van der Waals surface area (Å²) in [6.45, 7) is 3.94. The number of aliphatic hydroxyl groups is 1. The Kier molecular flexibility index (Phi) is 5.98. The molecule has 0 aliphatic rings. The molecule has 130 valence electrons. The zero-order valence-electron chi connectivity index (χ0n) is 14.2. The molecule has 1 heterocycles. The number of hydrogen-bond donors (Lipinski definition) is 4. The van der Waals surface area contributed by atoms with E-state index in [4.69, 9.17) is 0 Å². The van der Waals surface area contributed by atoms with Crippen molar-refractivity contribution < 1.29 is 14.7 Å². The van der Waals surface area contributed by atoms with Gasteiger partial charge >= 0.3 is 0 Å². The smallest absolute Gasteiger partial charge is 0.271 e. The Balaban J connectivity index is 1.94. The number of fused-ring (bicyclic) bond motifs is 1. The van der Waals surface area contributed by atoms with Crippen molar-refractivity contribution >= 4 is 22.7 Å². The van der Waals surface area contributed by atoms with Gasteiger partial charge in [-0.25, -0.2) is 0 Å². The quantitative estimate of drug-likeness (QED) is 0.588. The van der Waals surface area contributed by atoms with Crippen molar-refractivity contribution in [2.75, 3.05) is 0 Å². The number of para-hydroxylation sites is 1.